The predicted molar refractivity (Wildman–Crippen MR) is 155 cm³/mol. The van der Waals surface area contributed by atoms with Crippen molar-refractivity contribution in [1.29, 1.82) is 0 Å². The number of carbonyl (C=O) groups excluding carboxylic acids is 2. The summed E-state index contributed by atoms with van der Waals surface area (Å²) in [5.74, 6) is 0.551. The smallest absolute Gasteiger partial charge is 0.264 e. The molecule has 218 valence electrons. The lowest BCUT2D eigenvalue weighted by atomic mass is 10.1. The normalized spacial score (nSPS) is 13.3. The van der Waals surface area contributed by atoms with Crippen LogP contribution in [0.4, 0.5) is 5.69 Å². The summed E-state index contributed by atoms with van der Waals surface area (Å²) in [4.78, 5) is 28.5. The first kappa shape index (κ1) is 29.7. The average Bonchev–Trinajstić information content (AvgIpc) is 2.98. The number of fused-ring (bicyclic) bond motifs is 1. The highest BCUT2D eigenvalue weighted by Gasteiger charge is 2.33. The summed E-state index contributed by atoms with van der Waals surface area (Å²) in [6.45, 7) is 5.48. The summed E-state index contributed by atoms with van der Waals surface area (Å²) in [5, 5.41) is 2.84. The van der Waals surface area contributed by atoms with Crippen LogP contribution in [0.25, 0.3) is 0 Å². The van der Waals surface area contributed by atoms with E-state index in [-0.39, 0.29) is 29.1 Å². The summed E-state index contributed by atoms with van der Waals surface area (Å²) >= 11 is 0. The van der Waals surface area contributed by atoms with E-state index in [0.29, 0.717) is 30.5 Å². The maximum Gasteiger partial charge on any atom is 0.264 e. The van der Waals surface area contributed by atoms with E-state index in [1.165, 1.54) is 17.0 Å². The van der Waals surface area contributed by atoms with Gasteiger partial charge in [-0.15, -0.1) is 0 Å². The molecule has 0 unspecified atom stereocenters. The molecule has 1 aliphatic heterocycles. The van der Waals surface area contributed by atoms with Crippen molar-refractivity contribution in [3.05, 3.63) is 78.4 Å². The molecule has 10 nitrogen and oxygen atoms in total. The van der Waals surface area contributed by atoms with Crippen LogP contribution in [0.15, 0.2) is 77.7 Å². The van der Waals surface area contributed by atoms with Crippen molar-refractivity contribution in [3.63, 3.8) is 0 Å². The molecule has 0 saturated heterocycles. The zero-order chi connectivity index (χ0) is 29.6. The first-order valence-electron chi connectivity index (χ1n) is 13.3. The van der Waals surface area contributed by atoms with E-state index in [4.69, 9.17) is 14.2 Å². The van der Waals surface area contributed by atoms with Crippen LogP contribution in [0.2, 0.25) is 0 Å². The van der Waals surface area contributed by atoms with Gasteiger partial charge in [0.15, 0.2) is 11.5 Å². The zero-order valence-corrected chi connectivity index (χ0v) is 24.4. The molecule has 3 aromatic rings. The molecule has 0 spiro atoms. The van der Waals surface area contributed by atoms with Crippen molar-refractivity contribution in [2.45, 2.75) is 44.3 Å². The van der Waals surface area contributed by atoms with Gasteiger partial charge in [0, 0.05) is 18.7 Å². The standard InChI is InChI=1S/C30H35N3O7S/c1-21(2)31-30(35)22(3)32(19-23-9-8-10-25(17-23)38-4)29(34)20-33(41(36,37)26-11-6-5-7-12-26)24-13-14-27-28(18-24)40-16-15-39-27/h5-14,17-18,21-22H,15-16,19-20H2,1-4H3,(H,31,35)/t22-/m0/s1. The molecule has 0 bridgehead atoms. The molecule has 0 aromatic heterocycles. The lowest BCUT2D eigenvalue weighted by molar-refractivity contribution is -0.139. The maximum absolute atomic E-state index is 14.0. The van der Waals surface area contributed by atoms with Crippen LogP contribution in [-0.4, -0.2) is 64.1 Å². The summed E-state index contributed by atoms with van der Waals surface area (Å²) in [6.07, 6.45) is 0. The van der Waals surface area contributed by atoms with Gasteiger partial charge in [0.2, 0.25) is 11.8 Å². The Balaban J connectivity index is 1.73. The number of amides is 2. The molecule has 1 aliphatic rings. The quantitative estimate of drug-likeness (QED) is 0.368. The Kier molecular flexibility index (Phi) is 9.38. The van der Waals surface area contributed by atoms with Crippen molar-refractivity contribution >= 4 is 27.5 Å². The van der Waals surface area contributed by atoms with Gasteiger partial charge in [0.25, 0.3) is 10.0 Å². The molecule has 3 aromatic carbocycles. The Morgan fingerprint density at radius 1 is 0.927 bits per heavy atom. The molecule has 2 amide bonds. The Labute approximate surface area is 240 Å². The van der Waals surface area contributed by atoms with E-state index >= 15 is 0 Å². The third-order valence-electron chi connectivity index (χ3n) is 6.51. The number of sulfonamides is 1. The highest BCUT2D eigenvalue weighted by molar-refractivity contribution is 7.92. The number of rotatable bonds is 11. The molecule has 0 aliphatic carbocycles. The fourth-order valence-electron chi connectivity index (χ4n) is 4.39. The van der Waals surface area contributed by atoms with E-state index < -0.39 is 28.5 Å². The molecule has 1 N–H and O–H groups in total. The molecular weight excluding hydrogens is 546 g/mol. The van der Waals surface area contributed by atoms with Crippen LogP contribution in [0.5, 0.6) is 17.2 Å². The largest absolute Gasteiger partial charge is 0.497 e. The first-order chi connectivity index (χ1) is 19.6. The second kappa shape index (κ2) is 12.9. The van der Waals surface area contributed by atoms with Gasteiger partial charge in [-0.2, -0.15) is 0 Å². The number of carbonyl (C=O) groups is 2. The van der Waals surface area contributed by atoms with Crippen LogP contribution >= 0.6 is 0 Å². The fourth-order valence-corrected chi connectivity index (χ4v) is 5.82. The summed E-state index contributed by atoms with van der Waals surface area (Å²) in [5.41, 5.74) is 0.950. The molecule has 0 saturated carbocycles. The van der Waals surface area contributed by atoms with E-state index in [9.17, 15) is 18.0 Å². The number of methoxy groups -OCH3 is 1. The molecule has 1 atom stereocenters. The zero-order valence-electron chi connectivity index (χ0n) is 23.6. The minimum Gasteiger partial charge on any atom is -0.497 e. The van der Waals surface area contributed by atoms with E-state index in [1.807, 2.05) is 19.9 Å². The van der Waals surface area contributed by atoms with Crippen LogP contribution < -0.4 is 23.8 Å². The highest BCUT2D eigenvalue weighted by Crippen LogP contribution is 2.36. The third kappa shape index (κ3) is 7.10. The number of nitrogens with one attached hydrogen (secondary N) is 1. The Morgan fingerprint density at radius 2 is 1.63 bits per heavy atom. The van der Waals surface area contributed by atoms with Crippen molar-refractivity contribution < 1.29 is 32.2 Å². The lowest BCUT2D eigenvalue weighted by Crippen LogP contribution is -2.52. The number of anilines is 1. The first-order valence-corrected chi connectivity index (χ1v) is 14.7. The number of hydrogen-bond acceptors (Lipinski definition) is 7. The number of nitrogens with zero attached hydrogens (tertiary/aromatic N) is 2. The molecule has 0 radical (unpaired) electrons. The SMILES string of the molecule is COc1cccc(CN(C(=O)CN(c2ccc3c(c2)OCCO3)S(=O)(=O)c2ccccc2)[C@@H](C)C(=O)NC(C)C)c1. The van der Waals surface area contributed by atoms with Gasteiger partial charge in [-0.1, -0.05) is 30.3 Å². The summed E-state index contributed by atoms with van der Waals surface area (Å²) in [6, 6.07) is 18.7. The molecule has 4 rings (SSSR count). The highest BCUT2D eigenvalue weighted by atomic mass is 32.2. The van der Waals surface area contributed by atoms with Gasteiger partial charge < -0.3 is 24.4 Å². The second-order valence-electron chi connectivity index (χ2n) is 9.87. The Hall–Kier alpha value is -4.25. The molecule has 0 fully saturated rings. The average molecular weight is 582 g/mol. The lowest BCUT2D eigenvalue weighted by Gasteiger charge is -2.32. The van der Waals surface area contributed by atoms with E-state index in [2.05, 4.69) is 5.32 Å². The maximum atomic E-state index is 14.0. The Bertz CT molecular complexity index is 1480. The van der Waals surface area contributed by atoms with Gasteiger partial charge in [0.05, 0.1) is 17.7 Å². The van der Waals surface area contributed by atoms with Crippen molar-refractivity contribution in [3.8, 4) is 17.2 Å². The predicted octanol–water partition coefficient (Wildman–Crippen LogP) is 3.60. The second-order valence-corrected chi connectivity index (χ2v) is 11.7. The van der Waals surface area contributed by atoms with Crippen molar-refractivity contribution in [1.82, 2.24) is 10.2 Å². The van der Waals surface area contributed by atoms with Crippen LogP contribution in [0.1, 0.15) is 26.3 Å². The molecule has 1 heterocycles. The fraction of sp³-hybridized carbons (Fsp3) is 0.333. The van der Waals surface area contributed by atoms with Gasteiger partial charge in [-0.25, -0.2) is 8.42 Å². The van der Waals surface area contributed by atoms with Crippen molar-refractivity contribution in [2.75, 3.05) is 31.2 Å². The van der Waals surface area contributed by atoms with E-state index in [0.717, 1.165) is 9.87 Å². The van der Waals surface area contributed by atoms with Gasteiger partial charge >= 0.3 is 0 Å². The number of hydrogen-bond donors (Lipinski definition) is 1. The van der Waals surface area contributed by atoms with E-state index in [1.54, 1.807) is 68.6 Å². The number of benzene rings is 3. The minimum atomic E-state index is -4.19. The summed E-state index contributed by atoms with van der Waals surface area (Å²) in [7, 11) is -2.65. The molecule has 41 heavy (non-hydrogen) atoms. The minimum absolute atomic E-state index is 0.0210. The Morgan fingerprint density at radius 3 is 2.32 bits per heavy atom. The third-order valence-corrected chi connectivity index (χ3v) is 8.30. The monoisotopic (exact) mass is 581 g/mol. The number of ether oxygens (including phenoxy) is 3. The topological polar surface area (TPSA) is 114 Å². The van der Waals surface area contributed by atoms with Crippen LogP contribution in [0, 0.1) is 0 Å². The molecular formula is C30H35N3O7S. The summed E-state index contributed by atoms with van der Waals surface area (Å²) < 4.78 is 45.5. The van der Waals surface area contributed by atoms with Gasteiger partial charge in [-0.05, 0) is 62.7 Å². The molecule has 11 heteroatoms. The van der Waals surface area contributed by atoms with Gasteiger partial charge in [0.1, 0.15) is 31.5 Å². The van der Waals surface area contributed by atoms with Gasteiger partial charge in [-0.3, -0.25) is 13.9 Å². The van der Waals surface area contributed by atoms with Crippen LogP contribution in [-0.2, 0) is 26.2 Å². The van der Waals surface area contributed by atoms with Crippen molar-refractivity contribution in [2.24, 2.45) is 0 Å². The van der Waals surface area contributed by atoms with Crippen LogP contribution in [0.3, 0.4) is 0 Å².